The van der Waals surface area contributed by atoms with Crippen molar-refractivity contribution >= 4 is 28.5 Å². The Morgan fingerprint density at radius 2 is 1.88 bits per heavy atom. The molecule has 0 saturated heterocycles. The first-order valence-electron chi connectivity index (χ1n) is 7.59. The third-order valence-corrected chi connectivity index (χ3v) is 4.01. The second-order valence-electron chi connectivity index (χ2n) is 5.69. The maximum atomic E-state index is 12.9. The minimum absolute atomic E-state index is 0.131. The van der Waals surface area contributed by atoms with Crippen molar-refractivity contribution in [3.63, 3.8) is 0 Å². The SMILES string of the molecule is Cc1ccc2c(=O)c(O[C@H](C)C(=O)O)c(-c3ccc(Cl)cc3)oc2c1. The van der Waals surface area contributed by atoms with Crippen LogP contribution in [-0.4, -0.2) is 17.2 Å². The molecule has 0 aliphatic carbocycles. The van der Waals surface area contributed by atoms with Crippen LogP contribution in [0.2, 0.25) is 5.02 Å². The highest BCUT2D eigenvalue weighted by atomic mass is 35.5. The Kier molecular flexibility index (Phi) is 4.51. The van der Waals surface area contributed by atoms with Crippen molar-refractivity contribution in [1.29, 1.82) is 0 Å². The van der Waals surface area contributed by atoms with Gasteiger partial charge in [0.2, 0.25) is 11.2 Å². The van der Waals surface area contributed by atoms with Crippen molar-refractivity contribution in [2.75, 3.05) is 0 Å². The lowest BCUT2D eigenvalue weighted by atomic mass is 10.1. The summed E-state index contributed by atoms with van der Waals surface area (Å²) in [5, 5.41) is 9.97. The molecule has 128 valence electrons. The third kappa shape index (κ3) is 3.37. The first kappa shape index (κ1) is 17.0. The third-order valence-electron chi connectivity index (χ3n) is 3.76. The van der Waals surface area contributed by atoms with Crippen LogP contribution in [0.1, 0.15) is 12.5 Å². The molecule has 3 aromatic rings. The van der Waals surface area contributed by atoms with E-state index < -0.39 is 17.5 Å². The van der Waals surface area contributed by atoms with E-state index in [2.05, 4.69) is 0 Å². The fraction of sp³-hybridized carbons (Fsp3) is 0.158. The van der Waals surface area contributed by atoms with Gasteiger partial charge in [-0.3, -0.25) is 4.79 Å². The second kappa shape index (κ2) is 6.61. The van der Waals surface area contributed by atoms with Gasteiger partial charge in [0.25, 0.3) is 0 Å². The fourth-order valence-electron chi connectivity index (χ4n) is 2.41. The van der Waals surface area contributed by atoms with Crippen molar-refractivity contribution in [1.82, 2.24) is 0 Å². The van der Waals surface area contributed by atoms with Crippen LogP contribution in [0.4, 0.5) is 0 Å². The smallest absolute Gasteiger partial charge is 0.344 e. The molecule has 0 unspecified atom stereocenters. The molecule has 0 spiro atoms. The lowest BCUT2D eigenvalue weighted by molar-refractivity contribution is -0.144. The highest BCUT2D eigenvalue weighted by molar-refractivity contribution is 6.30. The summed E-state index contributed by atoms with van der Waals surface area (Å²) in [6, 6.07) is 11.8. The van der Waals surface area contributed by atoms with Crippen molar-refractivity contribution in [2.45, 2.75) is 20.0 Å². The van der Waals surface area contributed by atoms with Gasteiger partial charge in [-0.25, -0.2) is 4.79 Å². The van der Waals surface area contributed by atoms with E-state index in [0.717, 1.165) is 5.56 Å². The normalized spacial score (nSPS) is 12.1. The number of aryl methyl sites for hydroxylation is 1. The molecule has 0 aliphatic rings. The monoisotopic (exact) mass is 358 g/mol. The van der Waals surface area contributed by atoms with Crippen LogP contribution < -0.4 is 10.2 Å². The standard InChI is InChI=1S/C19H15ClO5/c1-10-3-8-14-15(9-10)25-17(12-4-6-13(20)7-5-12)18(16(14)21)24-11(2)19(22)23/h3-9,11H,1-2H3,(H,22,23)/t11-/m1/s1. The molecule has 25 heavy (non-hydrogen) atoms. The molecule has 2 aromatic carbocycles. The predicted molar refractivity (Wildman–Crippen MR) is 95.4 cm³/mol. The van der Waals surface area contributed by atoms with E-state index in [-0.39, 0.29) is 11.5 Å². The van der Waals surface area contributed by atoms with Gasteiger partial charge >= 0.3 is 5.97 Å². The average Bonchev–Trinajstić information content (AvgIpc) is 2.57. The quantitative estimate of drug-likeness (QED) is 0.753. The van der Waals surface area contributed by atoms with E-state index in [1.54, 1.807) is 42.5 Å². The fourth-order valence-corrected chi connectivity index (χ4v) is 2.53. The number of hydrogen-bond acceptors (Lipinski definition) is 4. The summed E-state index contributed by atoms with van der Waals surface area (Å²) in [5.74, 6) is -1.13. The van der Waals surface area contributed by atoms with E-state index in [9.17, 15) is 9.59 Å². The van der Waals surface area contributed by atoms with Gasteiger partial charge in [-0.2, -0.15) is 0 Å². The van der Waals surface area contributed by atoms with Gasteiger partial charge in [-0.05, 0) is 55.8 Å². The highest BCUT2D eigenvalue weighted by Gasteiger charge is 2.22. The van der Waals surface area contributed by atoms with Crippen LogP contribution in [-0.2, 0) is 4.79 Å². The molecule has 1 N–H and O–H groups in total. The zero-order chi connectivity index (χ0) is 18.1. The molecule has 0 radical (unpaired) electrons. The summed E-state index contributed by atoms with van der Waals surface area (Å²) in [7, 11) is 0. The topological polar surface area (TPSA) is 76.7 Å². The molecule has 1 heterocycles. The minimum atomic E-state index is -1.20. The minimum Gasteiger partial charge on any atom is -0.479 e. The Labute approximate surface area is 148 Å². The number of aliphatic carboxylic acids is 1. The number of ether oxygens (including phenoxy) is 1. The highest BCUT2D eigenvalue weighted by Crippen LogP contribution is 2.32. The number of fused-ring (bicyclic) bond motifs is 1. The first-order valence-corrected chi connectivity index (χ1v) is 7.97. The van der Waals surface area contributed by atoms with Crippen LogP contribution in [0.15, 0.2) is 51.7 Å². The van der Waals surface area contributed by atoms with Crippen molar-refractivity contribution in [3.05, 3.63) is 63.3 Å². The Balaban J connectivity index is 2.29. The summed E-state index contributed by atoms with van der Waals surface area (Å²) in [6.07, 6.45) is -1.20. The van der Waals surface area contributed by atoms with Crippen molar-refractivity contribution < 1.29 is 19.1 Å². The largest absolute Gasteiger partial charge is 0.479 e. The molecular formula is C19H15ClO5. The van der Waals surface area contributed by atoms with Crippen LogP contribution in [0, 0.1) is 6.92 Å². The molecule has 0 aliphatic heterocycles. The molecular weight excluding hydrogens is 344 g/mol. The molecule has 0 amide bonds. The van der Waals surface area contributed by atoms with Gasteiger partial charge < -0.3 is 14.3 Å². The molecule has 0 bridgehead atoms. The Hall–Kier alpha value is -2.79. The second-order valence-corrected chi connectivity index (χ2v) is 6.13. The average molecular weight is 359 g/mol. The van der Waals surface area contributed by atoms with Crippen molar-refractivity contribution in [3.8, 4) is 17.1 Å². The summed E-state index contributed by atoms with van der Waals surface area (Å²) in [4.78, 5) is 24.0. The maximum Gasteiger partial charge on any atom is 0.344 e. The number of carbonyl (C=O) groups is 1. The van der Waals surface area contributed by atoms with Crippen molar-refractivity contribution in [2.24, 2.45) is 0 Å². The number of carboxylic acids is 1. The summed E-state index contributed by atoms with van der Waals surface area (Å²) >= 11 is 5.91. The van der Waals surface area contributed by atoms with Gasteiger partial charge in [0.1, 0.15) is 5.58 Å². The predicted octanol–water partition coefficient (Wildman–Crippen LogP) is 4.27. The summed E-state index contributed by atoms with van der Waals surface area (Å²) in [6.45, 7) is 3.24. The molecule has 0 saturated carbocycles. The zero-order valence-electron chi connectivity index (χ0n) is 13.6. The maximum absolute atomic E-state index is 12.9. The number of rotatable bonds is 4. The molecule has 1 aromatic heterocycles. The lowest BCUT2D eigenvalue weighted by Gasteiger charge is -2.14. The van der Waals surface area contributed by atoms with E-state index in [0.29, 0.717) is 21.6 Å². The van der Waals surface area contributed by atoms with E-state index in [1.807, 2.05) is 6.92 Å². The first-order chi connectivity index (χ1) is 11.9. The Bertz CT molecular complexity index is 1000. The van der Waals surface area contributed by atoms with Gasteiger partial charge in [0, 0.05) is 10.6 Å². The van der Waals surface area contributed by atoms with Crippen LogP contribution >= 0.6 is 11.6 Å². The van der Waals surface area contributed by atoms with E-state index in [4.69, 9.17) is 25.9 Å². The lowest BCUT2D eigenvalue weighted by Crippen LogP contribution is -2.26. The Morgan fingerprint density at radius 3 is 2.52 bits per heavy atom. The van der Waals surface area contributed by atoms with Crippen LogP contribution in [0.25, 0.3) is 22.3 Å². The Morgan fingerprint density at radius 1 is 1.20 bits per heavy atom. The summed E-state index contributed by atoms with van der Waals surface area (Å²) in [5.41, 5.74) is 1.49. The zero-order valence-corrected chi connectivity index (χ0v) is 14.3. The number of halogens is 1. The van der Waals surface area contributed by atoms with Gasteiger partial charge in [-0.15, -0.1) is 0 Å². The molecule has 1 atom stereocenters. The number of benzene rings is 2. The van der Waals surface area contributed by atoms with Gasteiger partial charge in [0.05, 0.1) is 5.39 Å². The van der Waals surface area contributed by atoms with Gasteiger partial charge in [0.15, 0.2) is 11.9 Å². The number of carboxylic acid groups (broad SMARTS) is 1. The van der Waals surface area contributed by atoms with Crippen LogP contribution in [0.5, 0.6) is 5.75 Å². The number of hydrogen-bond donors (Lipinski definition) is 1. The van der Waals surface area contributed by atoms with Gasteiger partial charge in [-0.1, -0.05) is 17.7 Å². The summed E-state index contributed by atoms with van der Waals surface area (Å²) < 4.78 is 11.3. The molecule has 6 heteroatoms. The molecule has 3 rings (SSSR count). The van der Waals surface area contributed by atoms with E-state index >= 15 is 0 Å². The molecule has 5 nitrogen and oxygen atoms in total. The van der Waals surface area contributed by atoms with Crippen LogP contribution in [0.3, 0.4) is 0 Å². The van der Waals surface area contributed by atoms with E-state index in [1.165, 1.54) is 6.92 Å². The molecule has 0 fully saturated rings.